The Labute approximate surface area is 183 Å². The summed E-state index contributed by atoms with van der Waals surface area (Å²) in [5, 5.41) is 11.4. The molecule has 0 saturated carbocycles. The molecule has 7 nitrogen and oxygen atoms in total. The van der Waals surface area contributed by atoms with E-state index in [0.29, 0.717) is 0 Å². The lowest BCUT2D eigenvalue weighted by Gasteiger charge is -2.33. The number of anilines is 1. The summed E-state index contributed by atoms with van der Waals surface area (Å²) >= 11 is 0. The van der Waals surface area contributed by atoms with Gasteiger partial charge in [0.05, 0.1) is 11.7 Å². The first-order chi connectivity index (χ1) is 15.0. The third-order valence-electron chi connectivity index (χ3n) is 5.76. The van der Waals surface area contributed by atoms with Gasteiger partial charge in [-0.25, -0.2) is 4.68 Å². The highest BCUT2D eigenvalue weighted by Gasteiger charge is 2.46. The minimum Gasteiger partial charge on any atom is -0.363 e. The number of aromatic nitrogens is 4. The van der Waals surface area contributed by atoms with Crippen LogP contribution in [0.1, 0.15) is 51.4 Å². The molecule has 0 radical (unpaired) electrons. The molecule has 2 atom stereocenters. The van der Waals surface area contributed by atoms with Gasteiger partial charge in [0, 0.05) is 44.9 Å². The van der Waals surface area contributed by atoms with Crippen molar-refractivity contribution in [1.82, 2.24) is 24.5 Å². The van der Waals surface area contributed by atoms with Crippen LogP contribution in [0.2, 0.25) is 0 Å². The standard InChI is InChI=1S/C22H25F3N6O/c1-13-5-7-15(8-6-13)17-9-19(22(23,24)25)31-20(26-17)10-18(28-31)21(32)29(3)11-16-12-30(4)27-14(16)2/h5-8,10,12,17,19,26H,9,11H2,1-4H3/t17-,19+/m1/s1. The predicted octanol–water partition coefficient (Wildman–Crippen LogP) is 4.17. The maximum Gasteiger partial charge on any atom is 0.410 e. The van der Waals surface area contributed by atoms with E-state index in [-0.39, 0.29) is 24.5 Å². The molecule has 170 valence electrons. The minimum atomic E-state index is -4.50. The van der Waals surface area contributed by atoms with Crippen LogP contribution in [-0.2, 0) is 13.6 Å². The summed E-state index contributed by atoms with van der Waals surface area (Å²) in [7, 11) is 3.38. The monoisotopic (exact) mass is 446 g/mol. The van der Waals surface area contributed by atoms with E-state index in [1.807, 2.05) is 44.3 Å². The zero-order valence-corrected chi connectivity index (χ0v) is 18.3. The molecule has 0 saturated heterocycles. The van der Waals surface area contributed by atoms with Gasteiger partial charge >= 0.3 is 6.18 Å². The first kappa shape index (κ1) is 21.9. The van der Waals surface area contributed by atoms with E-state index in [0.717, 1.165) is 27.1 Å². The van der Waals surface area contributed by atoms with Gasteiger partial charge < -0.3 is 10.2 Å². The molecule has 0 aliphatic carbocycles. The highest BCUT2D eigenvalue weighted by atomic mass is 19.4. The van der Waals surface area contributed by atoms with Crippen LogP contribution in [0, 0.1) is 13.8 Å². The van der Waals surface area contributed by atoms with Crippen molar-refractivity contribution in [3.05, 3.63) is 64.6 Å². The van der Waals surface area contributed by atoms with Crippen molar-refractivity contribution in [3.8, 4) is 0 Å². The van der Waals surface area contributed by atoms with Crippen LogP contribution in [0.25, 0.3) is 0 Å². The first-order valence-electron chi connectivity index (χ1n) is 10.3. The zero-order chi connectivity index (χ0) is 23.2. The van der Waals surface area contributed by atoms with Crippen LogP contribution in [0.3, 0.4) is 0 Å². The summed E-state index contributed by atoms with van der Waals surface area (Å²) in [6.45, 7) is 4.04. The van der Waals surface area contributed by atoms with E-state index in [1.165, 1.54) is 11.0 Å². The van der Waals surface area contributed by atoms with Gasteiger partial charge in [0.15, 0.2) is 11.7 Å². The third kappa shape index (κ3) is 4.21. The van der Waals surface area contributed by atoms with Crippen molar-refractivity contribution in [1.29, 1.82) is 0 Å². The maximum absolute atomic E-state index is 13.9. The van der Waals surface area contributed by atoms with Gasteiger partial charge in [0.1, 0.15) is 5.82 Å². The van der Waals surface area contributed by atoms with Crippen LogP contribution in [0.5, 0.6) is 0 Å². The number of hydrogen-bond acceptors (Lipinski definition) is 4. The summed E-state index contributed by atoms with van der Waals surface area (Å²) in [5.74, 6) is -0.275. The van der Waals surface area contributed by atoms with Gasteiger partial charge in [0.25, 0.3) is 5.91 Å². The molecule has 0 bridgehead atoms. The molecule has 2 aromatic heterocycles. The number of benzene rings is 1. The Morgan fingerprint density at radius 1 is 1.22 bits per heavy atom. The fourth-order valence-corrected chi connectivity index (χ4v) is 4.02. The first-order valence-corrected chi connectivity index (χ1v) is 10.3. The van der Waals surface area contributed by atoms with Crippen LogP contribution in [-0.4, -0.2) is 43.6 Å². The van der Waals surface area contributed by atoms with E-state index < -0.39 is 24.2 Å². The number of fused-ring (bicyclic) bond motifs is 1. The molecular formula is C22H25F3N6O. The number of halogens is 3. The zero-order valence-electron chi connectivity index (χ0n) is 18.3. The van der Waals surface area contributed by atoms with Crippen LogP contribution in [0.15, 0.2) is 36.5 Å². The lowest BCUT2D eigenvalue weighted by atomic mass is 9.96. The highest BCUT2D eigenvalue weighted by molar-refractivity contribution is 5.93. The average molecular weight is 446 g/mol. The van der Waals surface area contributed by atoms with E-state index >= 15 is 0 Å². The molecule has 10 heteroatoms. The lowest BCUT2D eigenvalue weighted by Crippen LogP contribution is -2.35. The fourth-order valence-electron chi connectivity index (χ4n) is 4.02. The molecule has 4 rings (SSSR count). The van der Waals surface area contributed by atoms with Crippen molar-refractivity contribution in [3.63, 3.8) is 0 Å². The van der Waals surface area contributed by atoms with Gasteiger partial charge in [-0.05, 0) is 19.4 Å². The number of nitrogens with zero attached hydrogens (tertiary/aromatic N) is 5. The van der Waals surface area contributed by atoms with Crippen LogP contribution < -0.4 is 5.32 Å². The van der Waals surface area contributed by atoms with Crippen molar-refractivity contribution in [2.24, 2.45) is 7.05 Å². The largest absolute Gasteiger partial charge is 0.410 e. The van der Waals surface area contributed by atoms with Gasteiger partial charge in [0.2, 0.25) is 0 Å². The van der Waals surface area contributed by atoms with Gasteiger partial charge in [-0.3, -0.25) is 9.48 Å². The highest BCUT2D eigenvalue weighted by Crippen LogP contribution is 2.43. The molecule has 1 N–H and O–H groups in total. The summed E-state index contributed by atoms with van der Waals surface area (Å²) < 4.78 is 44.2. The van der Waals surface area contributed by atoms with E-state index in [4.69, 9.17) is 0 Å². The minimum absolute atomic E-state index is 0.0321. The Hall–Kier alpha value is -3.30. The van der Waals surface area contributed by atoms with Crippen LogP contribution >= 0.6 is 0 Å². The molecule has 1 aliphatic rings. The van der Waals surface area contributed by atoms with Gasteiger partial charge in [-0.2, -0.15) is 23.4 Å². The summed E-state index contributed by atoms with van der Waals surface area (Å²) in [5.41, 5.74) is 3.40. The van der Waals surface area contributed by atoms with Gasteiger partial charge in [-0.15, -0.1) is 0 Å². The average Bonchev–Trinajstić information content (AvgIpc) is 3.28. The predicted molar refractivity (Wildman–Crippen MR) is 113 cm³/mol. The quantitative estimate of drug-likeness (QED) is 0.653. The molecule has 0 spiro atoms. The van der Waals surface area contributed by atoms with E-state index in [2.05, 4.69) is 15.5 Å². The topological polar surface area (TPSA) is 68.0 Å². The Balaban J connectivity index is 1.61. The fraction of sp³-hybridized carbons (Fsp3) is 0.409. The Morgan fingerprint density at radius 3 is 2.50 bits per heavy atom. The molecule has 32 heavy (non-hydrogen) atoms. The molecule has 3 heterocycles. The molecule has 1 amide bonds. The number of nitrogens with one attached hydrogen (secondary N) is 1. The number of aryl methyl sites for hydroxylation is 3. The normalized spacial score (nSPS) is 18.2. The van der Waals surface area contributed by atoms with Crippen LogP contribution in [0.4, 0.5) is 19.0 Å². The Morgan fingerprint density at radius 2 is 1.91 bits per heavy atom. The smallest absolute Gasteiger partial charge is 0.363 e. The molecular weight excluding hydrogens is 421 g/mol. The molecule has 0 fully saturated rings. The summed E-state index contributed by atoms with van der Waals surface area (Å²) in [6, 6.07) is 6.42. The number of carbonyl (C=O) groups is 1. The van der Waals surface area contributed by atoms with Crippen molar-refractivity contribution < 1.29 is 18.0 Å². The van der Waals surface area contributed by atoms with E-state index in [9.17, 15) is 18.0 Å². The molecule has 0 unspecified atom stereocenters. The summed E-state index contributed by atoms with van der Waals surface area (Å²) in [4.78, 5) is 14.4. The second-order valence-corrected chi connectivity index (χ2v) is 8.33. The Bertz CT molecular complexity index is 1130. The number of amides is 1. The van der Waals surface area contributed by atoms with Crippen molar-refractivity contribution in [2.45, 2.75) is 45.1 Å². The second kappa shape index (κ2) is 7.99. The Kier molecular flexibility index (Phi) is 5.47. The van der Waals surface area contributed by atoms with Crippen molar-refractivity contribution in [2.75, 3.05) is 12.4 Å². The molecule has 1 aromatic carbocycles. The SMILES string of the molecule is Cc1ccc([C@H]2C[C@@H](C(F)(F)F)n3nc(C(=O)N(C)Cc4cn(C)nc4C)cc3N2)cc1. The lowest BCUT2D eigenvalue weighted by molar-refractivity contribution is -0.173. The van der Waals surface area contributed by atoms with Crippen molar-refractivity contribution >= 4 is 11.7 Å². The summed E-state index contributed by atoms with van der Waals surface area (Å²) in [6.07, 6.45) is -2.89. The number of alkyl halides is 3. The van der Waals surface area contributed by atoms with Gasteiger partial charge in [-0.1, -0.05) is 29.8 Å². The third-order valence-corrected chi connectivity index (χ3v) is 5.76. The molecule has 1 aliphatic heterocycles. The van der Waals surface area contributed by atoms with E-state index in [1.54, 1.807) is 18.8 Å². The maximum atomic E-state index is 13.9. The molecule has 3 aromatic rings. The number of rotatable bonds is 4. The second-order valence-electron chi connectivity index (χ2n) is 8.33. The number of hydrogen-bond donors (Lipinski definition) is 1. The number of carbonyl (C=O) groups excluding carboxylic acids is 1.